The maximum absolute atomic E-state index is 12.7. The molecule has 0 radical (unpaired) electrons. The Balaban J connectivity index is 2.06. The summed E-state index contributed by atoms with van der Waals surface area (Å²) < 4.78 is 12.4. The summed E-state index contributed by atoms with van der Waals surface area (Å²) in [6.07, 6.45) is 0. The summed E-state index contributed by atoms with van der Waals surface area (Å²) in [6, 6.07) is 11.7. The van der Waals surface area contributed by atoms with Gasteiger partial charge in [-0.15, -0.1) is 0 Å². The van der Waals surface area contributed by atoms with E-state index in [0.717, 1.165) is 16.2 Å². The highest BCUT2D eigenvalue weighted by molar-refractivity contribution is 6.65. The van der Waals surface area contributed by atoms with Gasteiger partial charge in [-0.05, 0) is 70.8 Å². The quantitative estimate of drug-likeness (QED) is 0.838. The van der Waals surface area contributed by atoms with Crippen molar-refractivity contribution in [2.24, 2.45) is 0 Å². The van der Waals surface area contributed by atoms with E-state index in [0.29, 0.717) is 5.56 Å². The van der Waals surface area contributed by atoms with Crippen LogP contribution in [0.5, 0.6) is 0 Å². The van der Waals surface area contributed by atoms with Crippen LogP contribution in [0.4, 0.5) is 0 Å². The number of nitrogens with one attached hydrogen (secondary N) is 1. The van der Waals surface area contributed by atoms with E-state index >= 15 is 0 Å². The molecule has 0 saturated carbocycles. The van der Waals surface area contributed by atoms with Crippen molar-refractivity contribution in [3.63, 3.8) is 0 Å². The zero-order valence-electron chi connectivity index (χ0n) is 16.8. The number of carbonyl (C=O) groups excluding carboxylic acids is 1. The van der Waals surface area contributed by atoms with Crippen LogP contribution in [0.15, 0.2) is 36.4 Å². The largest absolute Gasteiger partial charge is 0.495 e. The summed E-state index contributed by atoms with van der Waals surface area (Å²) >= 11 is 0. The van der Waals surface area contributed by atoms with Crippen LogP contribution in [0, 0.1) is 0 Å². The summed E-state index contributed by atoms with van der Waals surface area (Å²) in [5.74, 6) is -0.0748. The van der Waals surface area contributed by atoms with Gasteiger partial charge in [-0.1, -0.05) is 30.3 Å². The molecule has 0 aromatic heterocycles. The van der Waals surface area contributed by atoms with Gasteiger partial charge in [0.05, 0.1) is 11.2 Å². The number of hydrogen-bond acceptors (Lipinski definition) is 3. The highest BCUT2D eigenvalue weighted by Gasteiger charge is 2.52. The molecule has 26 heavy (non-hydrogen) atoms. The van der Waals surface area contributed by atoms with E-state index in [1.807, 2.05) is 84.9 Å². The minimum Gasteiger partial charge on any atom is -0.399 e. The van der Waals surface area contributed by atoms with E-state index in [1.54, 1.807) is 0 Å². The van der Waals surface area contributed by atoms with E-state index in [1.165, 1.54) is 0 Å². The molecule has 1 aliphatic heterocycles. The molecule has 1 saturated heterocycles. The Kier molecular flexibility index (Phi) is 4.44. The Hall–Kier alpha value is -1.85. The van der Waals surface area contributed by atoms with Gasteiger partial charge in [0.1, 0.15) is 0 Å². The molecule has 0 aliphatic carbocycles. The molecular weight excluding hydrogens is 325 g/mol. The minimum absolute atomic E-state index is 0.0748. The second kappa shape index (κ2) is 6.10. The van der Waals surface area contributed by atoms with Crippen LogP contribution in [0.3, 0.4) is 0 Å². The Bertz CT molecular complexity index is 836. The van der Waals surface area contributed by atoms with Crippen molar-refractivity contribution in [3.05, 3.63) is 42.0 Å². The summed E-state index contributed by atoms with van der Waals surface area (Å²) in [5.41, 5.74) is 0.521. The predicted octanol–water partition coefficient (Wildman–Crippen LogP) is 3.67. The van der Waals surface area contributed by atoms with Crippen LogP contribution in [-0.4, -0.2) is 29.8 Å². The summed E-state index contributed by atoms with van der Waals surface area (Å²) in [5, 5.41) is 4.92. The number of amides is 1. The smallest absolute Gasteiger partial charge is 0.399 e. The molecule has 5 heteroatoms. The summed E-state index contributed by atoms with van der Waals surface area (Å²) in [6.45, 7) is 14.1. The van der Waals surface area contributed by atoms with Crippen molar-refractivity contribution in [2.45, 2.75) is 65.2 Å². The van der Waals surface area contributed by atoms with Gasteiger partial charge in [-0.25, -0.2) is 0 Å². The zero-order chi connectivity index (χ0) is 19.3. The Morgan fingerprint density at radius 3 is 2.00 bits per heavy atom. The minimum atomic E-state index is -0.454. The molecule has 138 valence electrons. The summed E-state index contributed by atoms with van der Waals surface area (Å²) in [4.78, 5) is 12.7. The molecule has 3 rings (SSSR count). The van der Waals surface area contributed by atoms with Gasteiger partial charge < -0.3 is 14.6 Å². The zero-order valence-corrected chi connectivity index (χ0v) is 16.8. The molecule has 2 aromatic carbocycles. The van der Waals surface area contributed by atoms with Crippen LogP contribution < -0.4 is 10.8 Å². The third-order valence-corrected chi connectivity index (χ3v) is 5.20. The molecule has 1 fully saturated rings. The lowest BCUT2D eigenvalue weighted by atomic mass is 9.75. The van der Waals surface area contributed by atoms with Gasteiger partial charge >= 0.3 is 7.12 Å². The average molecular weight is 353 g/mol. The van der Waals surface area contributed by atoms with Crippen LogP contribution >= 0.6 is 0 Å². The predicted molar refractivity (Wildman–Crippen MR) is 107 cm³/mol. The number of rotatable bonds is 2. The van der Waals surface area contributed by atoms with E-state index < -0.39 is 18.3 Å². The fourth-order valence-corrected chi connectivity index (χ4v) is 3.10. The third-order valence-electron chi connectivity index (χ3n) is 5.20. The molecule has 1 heterocycles. The van der Waals surface area contributed by atoms with Gasteiger partial charge in [0.25, 0.3) is 5.91 Å². The van der Waals surface area contributed by atoms with Gasteiger partial charge in [-0.3, -0.25) is 4.79 Å². The van der Waals surface area contributed by atoms with Gasteiger partial charge in [0.2, 0.25) is 0 Å². The number of carbonyl (C=O) groups is 1. The maximum Gasteiger partial charge on any atom is 0.495 e. The monoisotopic (exact) mass is 353 g/mol. The molecule has 1 amide bonds. The normalized spacial score (nSPS) is 19.0. The SMILES string of the molecule is CC(C)(C)NC(=O)c1ccc(B2OC(C)(C)C(C)(C)O2)c2ccccc12. The standard InChI is InChI=1S/C21H28BNO3/c1-19(2,3)23-18(24)16-12-13-17(15-11-9-8-10-14(15)16)22-25-20(4,5)21(6,7)26-22/h8-13H,1-7H3,(H,23,24). The van der Waals surface area contributed by atoms with Crippen molar-refractivity contribution in [3.8, 4) is 0 Å². The Morgan fingerprint density at radius 1 is 0.923 bits per heavy atom. The second-order valence-corrected chi connectivity index (χ2v) is 9.04. The highest BCUT2D eigenvalue weighted by atomic mass is 16.7. The highest BCUT2D eigenvalue weighted by Crippen LogP contribution is 2.37. The van der Waals surface area contributed by atoms with Crippen molar-refractivity contribution in [1.82, 2.24) is 5.32 Å². The van der Waals surface area contributed by atoms with E-state index in [4.69, 9.17) is 9.31 Å². The Labute approximate surface area is 156 Å². The van der Waals surface area contributed by atoms with Gasteiger partial charge in [0.15, 0.2) is 0 Å². The molecule has 1 N–H and O–H groups in total. The van der Waals surface area contributed by atoms with Crippen LogP contribution in [0.25, 0.3) is 10.8 Å². The maximum atomic E-state index is 12.7. The van der Waals surface area contributed by atoms with Crippen molar-refractivity contribution < 1.29 is 14.1 Å². The number of hydrogen-bond donors (Lipinski definition) is 1. The topological polar surface area (TPSA) is 47.6 Å². The molecular formula is C21H28BNO3. The first-order valence-corrected chi connectivity index (χ1v) is 9.11. The van der Waals surface area contributed by atoms with Gasteiger partial charge in [-0.2, -0.15) is 0 Å². The second-order valence-electron chi connectivity index (χ2n) is 9.04. The fraction of sp³-hybridized carbons (Fsp3) is 0.476. The first kappa shape index (κ1) is 18.9. The molecule has 0 atom stereocenters. The van der Waals surface area contributed by atoms with Crippen molar-refractivity contribution in [2.75, 3.05) is 0 Å². The first-order valence-electron chi connectivity index (χ1n) is 9.11. The lowest BCUT2D eigenvalue weighted by Crippen LogP contribution is -2.41. The number of fused-ring (bicyclic) bond motifs is 1. The first-order chi connectivity index (χ1) is 11.9. The lowest BCUT2D eigenvalue weighted by Gasteiger charge is -2.32. The third kappa shape index (κ3) is 3.38. The lowest BCUT2D eigenvalue weighted by molar-refractivity contribution is 0.00578. The van der Waals surface area contributed by atoms with E-state index in [9.17, 15) is 4.79 Å². The van der Waals surface area contributed by atoms with E-state index in [-0.39, 0.29) is 11.4 Å². The average Bonchev–Trinajstić information content (AvgIpc) is 2.72. The van der Waals surface area contributed by atoms with Crippen LogP contribution in [0.1, 0.15) is 58.8 Å². The van der Waals surface area contributed by atoms with E-state index in [2.05, 4.69) is 5.32 Å². The Morgan fingerprint density at radius 2 is 1.46 bits per heavy atom. The molecule has 0 spiro atoms. The molecule has 0 bridgehead atoms. The number of benzene rings is 2. The molecule has 2 aromatic rings. The molecule has 1 aliphatic rings. The van der Waals surface area contributed by atoms with Crippen molar-refractivity contribution >= 4 is 29.3 Å². The molecule has 4 nitrogen and oxygen atoms in total. The van der Waals surface area contributed by atoms with Crippen molar-refractivity contribution in [1.29, 1.82) is 0 Å². The summed E-state index contributed by atoms with van der Waals surface area (Å²) in [7, 11) is -0.454. The molecule has 0 unspecified atom stereocenters. The van der Waals surface area contributed by atoms with Gasteiger partial charge in [0, 0.05) is 11.1 Å². The fourth-order valence-electron chi connectivity index (χ4n) is 3.10. The van der Waals surface area contributed by atoms with Crippen LogP contribution in [0.2, 0.25) is 0 Å². The van der Waals surface area contributed by atoms with Crippen LogP contribution in [-0.2, 0) is 9.31 Å².